The third kappa shape index (κ3) is 2.74. The second-order valence-corrected chi connectivity index (χ2v) is 4.45. The van der Waals surface area contributed by atoms with E-state index in [1.807, 2.05) is 0 Å². The van der Waals surface area contributed by atoms with E-state index in [4.69, 9.17) is 4.74 Å². The van der Waals surface area contributed by atoms with Gasteiger partial charge < -0.3 is 4.74 Å². The van der Waals surface area contributed by atoms with Crippen molar-refractivity contribution in [3.8, 4) is 0 Å². The van der Waals surface area contributed by atoms with E-state index in [9.17, 15) is 0 Å². The summed E-state index contributed by atoms with van der Waals surface area (Å²) in [6, 6.07) is 0. The molecule has 0 radical (unpaired) electrons. The molecule has 1 aliphatic rings. The molecule has 0 aromatic heterocycles. The van der Waals surface area contributed by atoms with Gasteiger partial charge in [-0.3, -0.25) is 0 Å². The van der Waals surface area contributed by atoms with E-state index in [2.05, 4.69) is 22.9 Å². The van der Waals surface area contributed by atoms with E-state index < -0.39 is 0 Å². The van der Waals surface area contributed by atoms with E-state index in [0.29, 0.717) is 5.41 Å². The molecular weight excluding hydrogens is 216 g/mol. The topological polar surface area (TPSA) is 9.23 Å². The Balaban J connectivity index is 2.37. The largest absolute Gasteiger partial charge is 0.381 e. The van der Waals surface area contributed by atoms with Crippen molar-refractivity contribution in [2.75, 3.05) is 18.5 Å². The maximum atomic E-state index is 5.54. The average molecular weight is 235 g/mol. The lowest BCUT2D eigenvalue weighted by Crippen LogP contribution is -2.33. The second-order valence-electron chi connectivity index (χ2n) is 3.89. The van der Waals surface area contributed by atoms with Gasteiger partial charge in [0, 0.05) is 17.4 Å². The minimum atomic E-state index is 0.467. The number of halogens is 1. The lowest BCUT2D eigenvalue weighted by atomic mass is 9.80. The zero-order chi connectivity index (χ0) is 8.86. The Kier molecular flexibility index (Phi) is 4.59. The van der Waals surface area contributed by atoms with Crippen molar-refractivity contribution < 1.29 is 4.74 Å². The molecule has 0 bridgehead atoms. The summed E-state index contributed by atoms with van der Waals surface area (Å²) in [5, 5.41) is 1.11. The first-order valence-corrected chi connectivity index (χ1v) is 6.09. The van der Waals surface area contributed by atoms with Crippen LogP contribution in [0.1, 0.15) is 39.0 Å². The first-order valence-electron chi connectivity index (χ1n) is 4.97. The van der Waals surface area contributed by atoms with Crippen LogP contribution in [-0.2, 0) is 4.74 Å². The summed E-state index contributed by atoms with van der Waals surface area (Å²) in [6.07, 6.45) is 6.56. The number of alkyl halides is 1. The van der Waals surface area contributed by atoms with Gasteiger partial charge in [-0.2, -0.15) is 0 Å². The van der Waals surface area contributed by atoms with Gasteiger partial charge in [-0.25, -0.2) is 0 Å². The van der Waals surface area contributed by atoms with Crippen molar-refractivity contribution in [3.63, 3.8) is 0 Å². The minimum absolute atomic E-state index is 0.467. The van der Waals surface area contributed by atoms with Crippen LogP contribution in [0.15, 0.2) is 0 Å². The highest BCUT2D eigenvalue weighted by Gasteiger charge is 2.30. The highest BCUT2D eigenvalue weighted by Crippen LogP contribution is 2.35. The fourth-order valence-corrected chi connectivity index (χ4v) is 2.55. The van der Waals surface area contributed by atoms with E-state index in [1.54, 1.807) is 0 Å². The molecule has 1 fully saturated rings. The summed E-state index contributed by atoms with van der Waals surface area (Å²) in [4.78, 5) is 0. The summed E-state index contributed by atoms with van der Waals surface area (Å²) < 4.78 is 5.54. The van der Waals surface area contributed by atoms with Crippen molar-refractivity contribution in [1.82, 2.24) is 0 Å². The van der Waals surface area contributed by atoms with Crippen LogP contribution in [0.3, 0.4) is 0 Å². The van der Waals surface area contributed by atoms with Gasteiger partial charge in [-0.05, 0) is 19.3 Å². The molecule has 0 aromatic carbocycles. The van der Waals surface area contributed by atoms with Crippen LogP contribution in [0.25, 0.3) is 0 Å². The summed E-state index contributed by atoms with van der Waals surface area (Å²) >= 11 is 3.62. The highest BCUT2D eigenvalue weighted by atomic mass is 79.9. The number of unbranched alkanes of at least 4 members (excludes halogenated alkanes) is 1. The average Bonchev–Trinajstić information content (AvgIpc) is 2.16. The van der Waals surface area contributed by atoms with Crippen LogP contribution >= 0.6 is 15.9 Å². The van der Waals surface area contributed by atoms with Gasteiger partial charge in [0.2, 0.25) is 0 Å². The number of rotatable bonds is 4. The Morgan fingerprint density at radius 3 is 2.83 bits per heavy atom. The zero-order valence-electron chi connectivity index (χ0n) is 7.94. The maximum absolute atomic E-state index is 5.54. The van der Waals surface area contributed by atoms with Crippen molar-refractivity contribution in [1.29, 1.82) is 0 Å². The summed E-state index contributed by atoms with van der Waals surface area (Å²) in [5.41, 5.74) is 0.467. The monoisotopic (exact) mass is 234 g/mol. The molecule has 1 atom stereocenters. The highest BCUT2D eigenvalue weighted by molar-refractivity contribution is 9.09. The molecule has 1 aliphatic heterocycles. The molecule has 0 aliphatic carbocycles. The Morgan fingerprint density at radius 1 is 1.50 bits per heavy atom. The Labute approximate surface area is 84.0 Å². The molecular formula is C10H19BrO. The smallest absolute Gasteiger partial charge is 0.0530 e. The molecule has 1 nitrogen and oxygen atoms in total. The predicted molar refractivity (Wildman–Crippen MR) is 55.8 cm³/mol. The van der Waals surface area contributed by atoms with Crippen molar-refractivity contribution in [2.24, 2.45) is 5.41 Å². The molecule has 72 valence electrons. The molecule has 2 heteroatoms. The molecule has 1 unspecified atom stereocenters. The van der Waals surface area contributed by atoms with Gasteiger partial charge in [-0.15, -0.1) is 0 Å². The summed E-state index contributed by atoms with van der Waals surface area (Å²) in [7, 11) is 0. The second kappa shape index (κ2) is 5.23. The van der Waals surface area contributed by atoms with Gasteiger partial charge in [0.15, 0.2) is 0 Å². The SMILES string of the molecule is CCCCC1(CBr)CCCOC1. The van der Waals surface area contributed by atoms with Crippen LogP contribution in [0.2, 0.25) is 0 Å². The van der Waals surface area contributed by atoms with E-state index in [0.717, 1.165) is 18.5 Å². The summed E-state index contributed by atoms with van der Waals surface area (Å²) in [6.45, 7) is 4.20. The van der Waals surface area contributed by atoms with Crippen LogP contribution in [0.4, 0.5) is 0 Å². The molecule has 0 spiro atoms. The predicted octanol–water partition coefficient (Wildman–Crippen LogP) is 3.37. The van der Waals surface area contributed by atoms with Crippen LogP contribution in [-0.4, -0.2) is 18.5 Å². The van der Waals surface area contributed by atoms with Crippen molar-refractivity contribution in [3.05, 3.63) is 0 Å². The van der Waals surface area contributed by atoms with E-state index in [-0.39, 0.29) is 0 Å². The lowest BCUT2D eigenvalue weighted by Gasteiger charge is -2.35. The Morgan fingerprint density at radius 2 is 2.33 bits per heavy atom. The standard InChI is InChI=1S/C10H19BrO/c1-2-3-5-10(8-11)6-4-7-12-9-10/h2-9H2,1H3. The Hall–Kier alpha value is 0.440. The maximum Gasteiger partial charge on any atom is 0.0530 e. The van der Waals surface area contributed by atoms with Crippen LogP contribution in [0.5, 0.6) is 0 Å². The first kappa shape index (κ1) is 10.5. The number of hydrogen-bond donors (Lipinski definition) is 0. The first-order chi connectivity index (χ1) is 5.83. The van der Waals surface area contributed by atoms with Crippen LogP contribution < -0.4 is 0 Å². The normalized spacial score (nSPS) is 30.5. The van der Waals surface area contributed by atoms with Gasteiger partial charge in [0.1, 0.15) is 0 Å². The Bertz CT molecular complexity index is 119. The molecule has 1 heterocycles. The molecule has 0 saturated carbocycles. The molecule has 1 rings (SSSR count). The van der Waals surface area contributed by atoms with Crippen LogP contribution in [0, 0.1) is 5.41 Å². The molecule has 1 saturated heterocycles. The summed E-state index contributed by atoms with van der Waals surface area (Å²) in [5.74, 6) is 0. The third-order valence-electron chi connectivity index (χ3n) is 2.75. The van der Waals surface area contributed by atoms with E-state index >= 15 is 0 Å². The molecule has 0 aromatic rings. The van der Waals surface area contributed by atoms with Gasteiger partial charge in [0.05, 0.1) is 6.61 Å². The quantitative estimate of drug-likeness (QED) is 0.679. The molecule has 12 heavy (non-hydrogen) atoms. The zero-order valence-corrected chi connectivity index (χ0v) is 9.53. The van der Waals surface area contributed by atoms with E-state index in [1.165, 1.54) is 32.1 Å². The van der Waals surface area contributed by atoms with Crippen molar-refractivity contribution in [2.45, 2.75) is 39.0 Å². The minimum Gasteiger partial charge on any atom is -0.381 e. The van der Waals surface area contributed by atoms with Gasteiger partial charge in [0.25, 0.3) is 0 Å². The number of ether oxygens (including phenoxy) is 1. The van der Waals surface area contributed by atoms with Crippen molar-refractivity contribution >= 4 is 15.9 Å². The third-order valence-corrected chi connectivity index (χ3v) is 3.94. The fraction of sp³-hybridized carbons (Fsp3) is 1.00. The van der Waals surface area contributed by atoms with Gasteiger partial charge in [-0.1, -0.05) is 35.7 Å². The lowest BCUT2D eigenvalue weighted by molar-refractivity contribution is 0.000448. The number of hydrogen-bond acceptors (Lipinski definition) is 1. The van der Waals surface area contributed by atoms with Gasteiger partial charge >= 0.3 is 0 Å². The fourth-order valence-electron chi connectivity index (χ4n) is 1.83. The molecule has 0 N–H and O–H groups in total. The molecule has 0 amide bonds.